The van der Waals surface area contributed by atoms with Crippen molar-refractivity contribution in [2.75, 3.05) is 0 Å². The summed E-state index contributed by atoms with van der Waals surface area (Å²) in [5.41, 5.74) is 8.98. The van der Waals surface area contributed by atoms with Crippen LogP contribution in [0.25, 0.3) is 10.9 Å². The standard InChI is InChI=1S/C23H23N3O3/c1-11-5-6-12(2)20-13(11)7-14(22(28)26-20)18-15(10-24)21(25)29-17-9-23(3,4)8-16(27)19(17)18/h5-7,18H,8-9,25H2,1-4H3,(H,26,28). The van der Waals surface area contributed by atoms with Gasteiger partial charge in [0.15, 0.2) is 5.78 Å². The first-order valence-corrected chi connectivity index (χ1v) is 9.60. The van der Waals surface area contributed by atoms with Gasteiger partial charge in [0.05, 0.1) is 11.4 Å². The number of Topliss-reactive ketones (excluding diaryl/α,β-unsaturated/α-hetero) is 1. The molecule has 1 aliphatic heterocycles. The highest BCUT2D eigenvalue weighted by Crippen LogP contribution is 2.47. The molecule has 0 saturated heterocycles. The Kier molecular flexibility index (Phi) is 4.16. The van der Waals surface area contributed by atoms with Gasteiger partial charge in [-0.3, -0.25) is 9.59 Å². The first-order valence-electron chi connectivity index (χ1n) is 9.60. The minimum absolute atomic E-state index is 0.0396. The molecule has 148 valence electrons. The van der Waals surface area contributed by atoms with Gasteiger partial charge in [-0.05, 0) is 36.5 Å². The Morgan fingerprint density at radius 2 is 1.90 bits per heavy atom. The van der Waals surface area contributed by atoms with Gasteiger partial charge in [-0.15, -0.1) is 0 Å². The third kappa shape index (κ3) is 2.94. The molecule has 3 N–H and O–H groups in total. The Morgan fingerprint density at radius 3 is 2.59 bits per heavy atom. The number of carbonyl (C=O) groups excluding carboxylic acids is 1. The van der Waals surface area contributed by atoms with Gasteiger partial charge in [-0.2, -0.15) is 5.26 Å². The number of ether oxygens (including phenoxy) is 1. The molecule has 1 atom stereocenters. The fraction of sp³-hybridized carbons (Fsp3) is 0.348. The van der Waals surface area contributed by atoms with Gasteiger partial charge in [-0.1, -0.05) is 26.0 Å². The molecule has 4 rings (SSSR count). The predicted molar refractivity (Wildman–Crippen MR) is 110 cm³/mol. The van der Waals surface area contributed by atoms with Crippen LogP contribution in [0.3, 0.4) is 0 Å². The number of allylic oxidation sites excluding steroid dienone is 3. The maximum atomic E-state index is 13.1. The van der Waals surface area contributed by atoms with Crippen molar-refractivity contribution in [3.05, 3.63) is 68.0 Å². The number of hydrogen-bond donors (Lipinski definition) is 2. The number of rotatable bonds is 1. The number of nitrogens with two attached hydrogens (primary N) is 1. The molecule has 1 aliphatic carbocycles. The van der Waals surface area contributed by atoms with E-state index in [1.807, 2.05) is 39.8 Å². The van der Waals surface area contributed by atoms with Crippen LogP contribution in [0.5, 0.6) is 0 Å². The van der Waals surface area contributed by atoms with Crippen molar-refractivity contribution in [3.63, 3.8) is 0 Å². The molecule has 1 aromatic carbocycles. The van der Waals surface area contributed by atoms with E-state index < -0.39 is 5.92 Å². The molecule has 2 heterocycles. The summed E-state index contributed by atoms with van der Waals surface area (Å²) >= 11 is 0. The van der Waals surface area contributed by atoms with Crippen LogP contribution in [0.1, 0.15) is 49.3 Å². The van der Waals surface area contributed by atoms with Gasteiger partial charge in [0, 0.05) is 29.4 Å². The van der Waals surface area contributed by atoms with E-state index in [0.717, 1.165) is 22.0 Å². The smallest absolute Gasteiger partial charge is 0.252 e. The number of aromatic nitrogens is 1. The van der Waals surface area contributed by atoms with Crippen LogP contribution in [0.2, 0.25) is 0 Å². The molecule has 1 aromatic heterocycles. The second kappa shape index (κ2) is 6.35. The molecule has 6 heteroatoms. The van der Waals surface area contributed by atoms with E-state index in [9.17, 15) is 14.9 Å². The summed E-state index contributed by atoms with van der Waals surface area (Å²) in [4.78, 5) is 29.1. The third-order valence-corrected chi connectivity index (χ3v) is 5.86. The number of aryl methyl sites for hydroxylation is 2. The molecule has 0 amide bonds. The molecule has 1 unspecified atom stereocenters. The monoisotopic (exact) mass is 389 g/mol. The summed E-state index contributed by atoms with van der Waals surface area (Å²) in [5.74, 6) is -0.502. The van der Waals surface area contributed by atoms with Gasteiger partial charge < -0.3 is 15.5 Å². The highest BCUT2D eigenvalue weighted by atomic mass is 16.5. The van der Waals surface area contributed by atoms with Crippen LogP contribution < -0.4 is 11.3 Å². The molecule has 0 bridgehead atoms. The van der Waals surface area contributed by atoms with Crippen molar-refractivity contribution < 1.29 is 9.53 Å². The largest absolute Gasteiger partial charge is 0.444 e. The molecule has 29 heavy (non-hydrogen) atoms. The summed E-state index contributed by atoms with van der Waals surface area (Å²) in [6.45, 7) is 7.86. The highest BCUT2D eigenvalue weighted by Gasteiger charge is 2.43. The van der Waals surface area contributed by atoms with Crippen LogP contribution in [0.15, 0.2) is 45.8 Å². The number of nitrogens with zero attached hydrogens (tertiary/aromatic N) is 1. The van der Waals surface area contributed by atoms with Crippen LogP contribution in [0, 0.1) is 30.6 Å². The Hall–Kier alpha value is -3.33. The molecule has 6 nitrogen and oxygen atoms in total. The fourth-order valence-corrected chi connectivity index (χ4v) is 4.40. The fourth-order valence-electron chi connectivity index (χ4n) is 4.40. The van der Waals surface area contributed by atoms with Crippen molar-refractivity contribution >= 4 is 16.7 Å². The zero-order valence-electron chi connectivity index (χ0n) is 17.0. The normalized spacial score (nSPS) is 21.1. The number of benzene rings is 1. The Balaban J connectivity index is 2.02. The lowest BCUT2D eigenvalue weighted by atomic mass is 9.70. The second-order valence-electron chi connectivity index (χ2n) is 8.74. The van der Waals surface area contributed by atoms with Crippen LogP contribution in [0.4, 0.5) is 0 Å². The van der Waals surface area contributed by atoms with E-state index >= 15 is 0 Å². The Bertz CT molecular complexity index is 1240. The Labute approximate surface area is 168 Å². The lowest BCUT2D eigenvalue weighted by Crippen LogP contribution is -2.35. The summed E-state index contributed by atoms with van der Waals surface area (Å²) in [5, 5.41) is 10.6. The van der Waals surface area contributed by atoms with Crippen molar-refractivity contribution in [1.29, 1.82) is 5.26 Å². The minimum Gasteiger partial charge on any atom is -0.444 e. The van der Waals surface area contributed by atoms with Crippen molar-refractivity contribution in [3.8, 4) is 6.07 Å². The molecule has 2 aliphatic rings. The highest BCUT2D eigenvalue weighted by molar-refractivity contribution is 6.00. The molecule has 0 fully saturated rings. The first kappa shape index (κ1) is 19.0. The molecule has 2 aromatic rings. The second-order valence-corrected chi connectivity index (χ2v) is 8.74. The maximum Gasteiger partial charge on any atom is 0.252 e. The summed E-state index contributed by atoms with van der Waals surface area (Å²) in [7, 11) is 0. The number of H-pyrrole nitrogens is 1. The number of carbonyl (C=O) groups is 1. The average molecular weight is 389 g/mol. The van der Waals surface area contributed by atoms with E-state index in [2.05, 4.69) is 11.1 Å². The van der Waals surface area contributed by atoms with Gasteiger partial charge >= 0.3 is 0 Å². The topological polar surface area (TPSA) is 109 Å². The van der Waals surface area contributed by atoms with E-state index in [4.69, 9.17) is 10.5 Å². The molecule has 0 radical (unpaired) electrons. The lowest BCUT2D eigenvalue weighted by Gasteiger charge is -2.37. The van der Waals surface area contributed by atoms with Crippen LogP contribution in [-0.4, -0.2) is 10.8 Å². The zero-order valence-corrected chi connectivity index (χ0v) is 17.0. The van der Waals surface area contributed by atoms with Crippen LogP contribution in [-0.2, 0) is 9.53 Å². The third-order valence-electron chi connectivity index (χ3n) is 5.86. The van der Waals surface area contributed by atoms with Gasteiger partial charge in [0.2, 0.25) is 5.88 Å². The van der Waals surface area contributed by atoms with Crippen molar-refractivity contribution in [2.45, 2.75) is 46.5 Å². The molecular weight excluding hydrogens is 366 g/mol. The van der Waals surface area contributed by atoms with Gasteiger partial charge in [0.25, 0.3) is 5.56 Å². The van der Waals surface area contributed by atoms with Crippen molar-refractivity contribution in [1.82, 2.24) is 4.98 Å². The first-order chi connectivity index (χ1) is 13.6. The zero-order chi connectivity index (χ0) is 21.1. The number of aromatic amines is 1. The quantitative estimate of drug-likeness (QED) is 0.774. The number of pyridine rings is 1. The van der Waals surface area contributed by atoms with E-state index in [-0.39, 0.29) is 28.2 Å². The summed E-state index contributed by atoms with van der Waals surface area (Å²) in [6, 6.07) is 7.79. The van der Waals surface area contributed by atoms with Crippen molar-refractivity contribution in [2.24, 2.45) is 11.1 Å². The lowest BCUT2D eigenvalue weighted by molar-refractivity contribution is -0.119. The van der Waals surface area contributed by atoms with Crippen LogP contribution >= 0.6 is 0 Å². The number of nitriles is 1. The molecular formula is C23H23N3O3. The number of fused-ring (bicyclic) bond motifs is 1. The minimum atomic E-state index is -0.819. The molecule has 0 spiro atoms. The number of ketones is 1. The number of hydrogen-bond acceptors (Lipinski definition) is 5. The van der Waals surface area contributed by atoms with E-state index in [1.165, 1.54) is 0 Å². The average Bonchev–Trinajstić information content (AvgIpc) is 2.62. The predicted octanol–water partition coefficient (Wildman–Crippen LogP) is 3.60. The van der Waals surface area contributed by atoms with E-state index in [0.29, 0.717) is 29.7 Å². The maximum absolute atomic E-state index is 13.1. The summed E-state index contributed by atoms with van der Waals surface area (Å²) in [6.07, 6.45) is 0.849. The Morgan fingerprint density at radius 1 is 1.21 bits per heavy atom. The van der Waals surface area contributed by atoms with Gasteiger partial charge in [-0.25, -0.2) is 0 Å². The summed E-state index contributed by atoms with van der Waals surface area (Å²) < 4.78 is 5.70. The number of nitrogens with one attached hydrogen (secondary N) is 1. The van der Waals surface area contributed by atoms with E-state index in [1.54, 1.807) is 6.07 Å². The van der Waals surface area contributed by atoms with Gasteiger partial charge in [0.1, 0.15) is 17.4 Å². The molecule has 0 saturated carbocycles. The SMILES string of the molecule is Cc1ccc(C)c2[nH]c(=O)c(C3C(C#N)=C(N)OC4=C3C(=O)CC(C)(C)C4)cc12.